The number of benzene rings is 1. The van der Waals surface area contributed by atoms with Gasteiger partial charge >= 0.3 is 5.97 Å². The van der Waals surface area contributed by atoms with Crippen molar-refractivity contribution < 1.29 is 23.2 Å². The molecule has 0 aliphatic carbocycles. The molecule has 8 heteroatoms. The molecular weight excluding hydrogens is 360 g/mol. The molecule has 1 aromatic rings. The number of halogens is 2. The van der Waals surface area contributed by atoms with E-state index in [1.54, 1.807) is 6.92 Å². The molecule has 0 bridgehead atoms. The van der Waals surface area contributed by atoms with E-state index in [-0.39, 0.29) is 11.1 Å². The van der Waals surface area contributed by atoms with Gasteiger partial charge in [0.15, 0.2) is 5.11 Å². The lowest BCUT2D eigenvalue weighted by Gasteiger charge is -2.37. The number of carbonyl (C=O) groups excluding carboxylic acids is 1. The first kappa shape index (κ1) is 20.3. The van der Waals surface area contributed by atoms with Gasteiger partial charge in [-0.2, -0.15) is 0 Å². The number of rotatable bonds is 6. The average molecular weight is 384 g/mol. The van der Waals surface area contributed by atoms with E-state index < -0.39 is 23.6 Å². The van der Waals surface area contributed by atoms with E-state index in [4.69, 9.17) is 17.0 Å². The van der Waals surface area contributed by atoms with Crippen LogP contribution in [0.4, 0.5) is 8.78 Å². The van der Waals surface area contributed by atoms with Gasteiger partial charge in [0.1, 0.15) is 11.6 Å². The van der Waals surface area contributed by atoms with Gasteiger partial charge in [-0.1, -0.05) is 6.07 Å². The molecule has 142 valence electrons. The molecule has 0 spiro atoms. The molecule has 0 saturated carbocycles. The van der Waals surface area contributed by atoms with Crippen molar-refractivity contribution in [3.63, 3.8) is 0 Å². The summed E-state index contributed by atoms with van der Waals surface area (Å²) in [7, 11) is 5.39. The molecule has 2 rings (SSSR count). The summed E-state index contributed by atoms with van der Waals surface area (Å²) in [6, 6.07) is 2.42. The highest BCUT2D eigenvalue weighted by atomic mass is 32.1. The number of ether oxygens (including phenoxy) is 1. The number of nitrogens with one attached hydrogen (secondary N) is 2. The van der Waals surface area contributed by atoms with Gasteiger partial charge in [-0.05, 0) is 25.2 Å². The van der Waals surface area contributed by atoms with Crippen molar-refractivity contribution in [1.29, 1.82) is 0 Å². The molecule has 1 atom stereocenters. The van der Waals surface area contributed by atoms with Crippen molar-refractivity contribution in [3.05, 3.63) is 46.7 Å². The summed E-state index contributed by atoms with van der Waals surface area (Å²) >= 11 is 5.43. The Hall–Kier alpha value is -2.06. The van der Waals surface area contributed by atoms with Gasteiger partial charge in [0, 0.05) is 30.3 Å². The van der Waals surface area contributed by atoms with Crippen molar-refractivity contribution in [2.45, 2.75) is 19.4 Å². The number of carbonyl (C=O) groups is 1. The van der Waals surface area contributed by atoms with E-state index in [1.165, 1.54) is 18.1 Å². The van der Waals surface area contributed by atoms with Crippen LogP contribution in [-0.2, 0) is 9.53 Å². The predicted molar refractivity (Wildman–Crippen MR) is 98.5 cm³/mol. The largest absolute Gasteiger partial charge is 0.466 e. The van der Waals surface area contributed by atoms with E-state index in [9.17, 15) is 13.6 Å². The van der Waals surface area contributed by atoms with E-state index in [2.05, 4.69) is 19.4 Å². The number of hydrogen-bond donors (Lipinski definition) is 2. The Kier molecular flexibility index (Phi) is 6.66. The Labute approximate surface area is 157 Å². The third-order valence-electron chi connectivity index (χ3n) is 4.33. The molecule has 0 aromatic heterocycles. The summed E-state index contributed by atoms with van der Waals surface area (Å²) in [5, 5.41) is 3.41. The van der Waals surface area contributed by atoms with Gasteiger partial charge < -0.3 is 19.9 Å². The summed E-state index contributed by atoms with van der Waals surface area (Å²) in [6.07, 6.45) is 0.867. The molecule has 1 aromatic carbocycles. The molecule has 2 N–H and O–H groups in total. The summed E-state index contributed by atoms with van der Waals surface area (Å²) in [4.78, 5) is 15.5. The number of nitrogens with zero attached hydrogens (tertiary/aromatic N) is 1. The van der Waals surface area contributed by atoms with Crippen LogP contribution in [0.15, 0.2) is 29.5 Å². The molecule has 0 radical (unpaired) electrons. The van der Waals surface area contributed by atoms with Crippen LogP contribution in [0.3, 0.4) is 0 Å². The number of allylic oxidation sites excluding steroid dienone is 1. The Bertz CT molecular complexity index is 737. The molecule has 26 heavy (non-hydrogen) atoms. The Morgan fingerprint density at radius 1 is 1.38 bits per heavy atom. The maximum Gasteiger partial charge on any atom is 0.337 e. The maximum absolute atomic E-state index is 14.3. The third-order valence-corrected chi connectivity index (χ3v) is 4.67. The number of esters is 1. The fourth-order valence-corrected chi connectivity index (χ4v) is 3.33. The fourth-order valence-electron chi connectivity index (χ4n) is 2.98. The molecule has 0 amide bonds. The highest BCUT2D eigenvalue weighted by Gasteiger charge is 2.35. The van der Waals surface area contributed by atoms with E-state index in [0.717, 1.165) is 25.1 Å². The minimum absolute atomic E-state index is 0.144. The van der Waals surface area contributed by atoms with Crippen molar-refractivity contribution in [2.75, 3.05) is 34.3 Å². The minimum Gasteiger partial charge on any atom is -0.466 e. The Morgan fingerprint density at radius 2 is 2.08 bits per heavy atom. The summed E-state index contributed by atoms with van der Waals surface area (Å²) in [5.41, 5.74) is 1.03. The number of quaternary nitrogens is 1. The number of thiocarbonyl (C=S) groups is 1. The zero-order chi connectivity index (χ0) is 19.4. The summed E-state index contributed by atoms with van der Waals surface area (Å²) in [5.74, 6) is -2.00. The van der Waals surface area contributed by atoms with E-state index in [1.807, 2.05) is 4.90 Å². The number of hydrogen-bond acceptors (Lipinski definition) is 3. The molecule has 1 heterocycles. The molecule has 0 fully saturated rings. The maximum atomic E-state index is 14.3. The molecule has 1 aliphatic heterocycles. The first-order chi connectivity index (χ1) is 12.3. The second-order valence-corrected chi connectivity index (χ2v) is 6.89. The zero-order valence-corrected chi connectivity index (χ0v) is 16.2. The molecule has 1 aliphatic rings. The molecule has 5 nitrogen and oxygen atoms in total. The van der Waals surface area contributed by atoms with Crippen LogP contribution in [0, 0.1) is 11.6 Å². The average Bonchev–Trinajstić information content (AvgIpc) is 2.56. The van der Waals surface area contributed by atoms with Gasteiger partial charge in [0.2, 0.25) is 0 Å². The highest BCUT2D eigenvalue weighted by Crippen LogP contribution is 2.32. The van der Waals surface area contributed by atoms with Crippen molar-refractivity contribution >= 4 is 23.3 Å². The quantitative estimate of drug-likeness (QED) is 0.570. The molecule has 0 unspecified atom stereocenters. The van der Waals surface area contributed by atoms with Crippen molar-refractivity contribution in [1.82, 2.24) is 10.2 Å². The Balaban J connectivity index is 2.42. The lowest BCUT2D eigenvalue weighted by atomic mass is 9.94. The van der Waals surface area contributed by atoms with Crippen LogP contribution in [0.2, 0.25) is 0 Å². The van der Waals surface area contributed by atoms with Gasteiger partial charge in [0.05, 0.1) is 39.4 Å². The van der Waals surface area contributed by atoms with E-state index >= 15 is 0 Å². The second kappa shape index (κ2) is 8.55. The van der Waals surface area contributed by atoms with Crippen LogP contribution >= 0.6 is 12.2 Å². The smallest absolute Gasteiger partial charge is 0.337 e. The number of methoxy groups -OCH3 is 1. The summed E-state index contributed by atoms with van der Waals surface area (Å²) < 4.78 is 32.5. The van der Waals surface area contributed by atoms with Gasteiger partial charge in [-0.15, -0.1) is 0 Å². The lowest BCUT2D eigenvalue weighted by molar-refractivity contribution is -0.858. The van der Waals surface area contributed by atoms with Crippen LogP contribution in [0.5, 0.6) is 0 Å². The van der Waals surface area contributed by atoms with Crippen molar-refractivity contribution in [2.24, 2.45) is 0 Å². The van der Waals surface area contributed by atoms with Gasteiger partial charge in [-0.25, -0.2) is 13.6 Å². The normalized spacial score (nSPS) is 17.6. The summed E-state index contributed by atoms with van der Waals surface area (Å²) in [6.45, 7) is 3.33. The zero-order valence-electron chi connectivity index (χ0n) is 15.4. The van der Waals surface area contributed by atoms with Gasteiger partial charge in [-0.3, -0.25) is 0 Å². The van der Waals surface area contributed by atoms with Crippen LogP contribution in [0.1, 0.15) is 24.9 Å². The molecule has 0 saturated heterocycles. The highest BCUT2D eigenvalue weighted by molar-refractivity contribution is 7.80. The van der Waals surface area contributed by atoms with Crippen LogP contribution in [-0.4, -0.2) is 50.3 Å². The first-order valence-corrected chi connectivity index (χ1v) is 8.78. The van der Waals surface area contributed by atoms with Crippen molar-refractivity contribution in [3.8, 4) is 0 Å². The SMILES string of the molecule is COC(=O)C1=C(C)N(CCC[NH+](C)C)C(=S)N[C@@H]1c1ccc(F)cc1F. The predicted octanol–water partition coefficient (Wildman–Crippen LogP) is 1.18. The standard InChI is InChI=1S/C18H23F2N3O2S/c1-11-15(17(24)25-4)16(13-7-6-12(19)10-14(13)20)21-18(26)23(11)9-5-8-22(2)3/h6-7,10,16H,5,8-9H2,1-4H3,(H,21,26)/p+1/t16-/m1/s1. The van der Waals surface area contributed by atoms with Crippen LogP contribution in [0.25, 0.3) is 0 Å². The third kappa shape index (κ3) is 4.37. The molecular formula is C18H24F2N3O2S+. The second-order valence-electron chi connectivity index (χ2n) is 6.50. The van der Waals surface area contributed by atoms with Crippen LogP contribution < -0.4 is 10.2 Å². The fraction of sp³-hybridized carbons (Fsp3) is 0.444. The van der Waals surface area contributed by atoms with Gasteiger partial charge in [0.25, 0.3) is 0 Å². The minimum atomic E-state index is -0.828. The van der Waals surface area contributed by atoms with E-state index in [0.29, 0.717) is 17.4 Å². The monoisotopic (exact) mass is 384 g/mol. The first-order valence-electron chi connectivity index (χ1n) is 8.37. The topological polar surface area (TPSA) is 46.0 Å². The Morgan fingerprint density at radius 3 is 2.65 bits per heavy atom. The lowest BCUT2D eigenvalue weighted by Crippen LogP contribution is -3.05.